The Morgan fingerprint density at radius 2 is 1.56 bits per heavy atom. The van der Waals surface area contributed by atoms with Crippen molar-refractivity contribution in [3.8, 4) is 0 Å². The summed E-state index contributed by atoms with van der Waals surface area (Å²) >= 11 is 0. The quantitative estimate of drug-likeness (QED) is 0.721. The van der Waals surface area contributed by atoms with Crippen molar-refractivity contribution in [1.82, 2.24) is 4.98 Å². The molecule has 0 spiro atoms. The Labute approximate surface area is 134 Å². The van der Waals surface area contributed by atoms with Crippen molar-refractivity contribution in [1.29, 1.82) is 0 Å². The van der Waals surface area contributed by atoms with Gasteiger partial charge in [0.1, 0.15) is 8.24 Å². The zero-order valence-corrected chi connectivity index (χ0v) is 17.0. The number of hydrogen-bond donors (Lipinski definition) is 1. The van der Waals surface area contributed by atoms with E-state index in [2.05, 4.69) is 72.6 Å². The molecule has 1 unspecified atom stereocenters. The maximum Gasteiger partial charge on any atom is 0.133 e. The molecule has 1 aliphatic rings. The summed E-state index contributed by atoms with van der Waals surface area (Å²) in [5.74, 6) is 0. The van der Waals surface area contributed by atoms with Crippen LogP contribution in [-0.4, -0.2) is 13.8 Å². The van der Waals surface area contributed by atoms with Gasteiger partial charge in [-0.25, -0.2) is 0 Å². The molecule has 0 aliphatic heterocycles. The first kappa shape index (κ1) is 18.5. The van der Waals surface area contributed by atoms with Crippen LogP contribution in [0.3, 0.4) is 0 Å². The third kappa shape index (κ3) is 3.35. The van der Waals surface area contributed by atoms with Crippen molar-refractivity contribution >= 4 is 8.24 Å². The van der Waals surface area contributed by atoms with E-state index < -0.39 is 8.24 Å². The molecule has 18 heavy (non-hydrogen) atoms. The van der Waals surface area contributed by atoms with E-state index in [0.717, 1.165) is 0 Å². The van der Waals surface area contributed by atoms with Crippen molar-refractivity contribution in [3.63, 3.8) is 0 Å². The average Bonchev–Trinajstić information content (AvgIpc) is 2.27. The largest absolute Gasteiger partial charge is 0.332 e. The molecule has 0 saturated carbocycles. The van der Waals surface area contributed by atoms with E-state index in [1.807, 2.05) is 0 Å². The minimum absolute atomic E-state index is 0. The van der Waals surface area contributed by atoms with Gasteiger partial charge >= 0.3 is 0 Å². The van der Waals surface area contributed by atoms with Gasteiger partial charge in [0.05, 0.1) is 0 Å². The van der Waals surface area contributed by atoms with E-state index in [1.54, 1.807) is 5.57 Å². The van der Waals surface area contributed by atoms with Gasteiger partial charge in [-0.1, -0.05) is 37.2 Å². The second kappa shape index (κ2) is 5.50. The standard InChI is InChI=1S/C15H29NSi.Zr/c1-11-10-15(7,13(3)12(11)2)17(8,9)16-14(4,5)6;/h10,16H,1-9H3;. The predicted molar refractivity (Wildman–Crippen MR) is 80.9 cm³/mol. The van der Waals surface area contributed by atoms with Crippen LogP contribution in [0.15, 0.2) is 22.8 Å². The Morgan fingerprint density at radius 3 is 1.83 bits per heavy atom. The van der Waals surface area contributed by atoms with E-state index in [9.17, 15) is 0 Å². The molecule has 0 heterocycles. The Kier molecular flexibility index (Phi) is 5.66. The van der Waals surface area contributed by atoms with Gasteiger partial charge in [0.2, 0.25) is 0 Å². The van der Waals surface area contributed by atoms with Crippen LogP contribution >= 0.6 is 0 Å². The molecule has 1 nitrogen and oxygen atoms in total. The van der Waals surface area contributed by atoms with Gasteiger partial charge in [0.15, 0.2) is 0 Å². The monoisotopic (exact) mass is 341 g/mol. The van der Waals surface area contributed by atoms with Crippen molar-refractivity contribution in [3.05, 3.63) is 22.8 Å². The Bertz CT molecular complexity index is 388. The Morgan fingerprint density at radius 1 is 1.11 bits per heavy atom. The molecule has 1 aliphatic carbocycles. The van der Waals surface area contributed by atoms with E-state index in [4.69, 9.17) is 0 Å². The summed E-state index contributed by atoms with van der Waals surface area (Å²) in [6.45, 7) is 20.9. The van der Waals surface area contributed by atoms with Gasteiger partial charge in [0, 0.05) is 36.8 Å². The summed E-state index contributed by atoms with van der Waals surface area (Å²) in [6, 6.07) is 0. The third-order valence-corrected chi connectivity index (χ3v) is 8.92. The zero-order chi connectivity index (χ0) is 13.6. The minimum atomic E-state index is -1.56. The Hall–Kier alpha value is 0.540. The van der Waals surface area contributed by atoms with E-state index in [0.29, 0.717) is 0 Å². The fraction of sp³-hybridized carbons (Fsp3) is 0.733. The molecule has 3 heteroatoms. The second-order valence-electron chi connectivity index (χ2n) is 7.28. The van der Waals surface area contributed by atoms with Crippen molar-refractivity contribution in [2.45, 2.75) is 72.1 Å². The fourth-order valence-corrected chi connectivity index (χ4v) is 6.89. The fourth-order valence-electron chi connectivity index (χ4n) is 3.05. The maximum atomic E-state index is 3.91. The first-order valence-corrected chi connectivity index (χ1v) is 9.58. The Balaban J connectivity index is 0.00000289. The molecule has 0 radical (unpaired) electrons. The number of allylic oxidation sites excluding steroid dienone is 4. The summed E-state index contributed by atoms with van der Waals surface area (Å²) in [5.41, 5.74) is 4.70. The van der Waals surface area contributed by atoms with Crippen molar-refractivity contribution in [2.24, 2.45) is 0 Å². The van der Waals surface area contributed by atoms with E-state index >= 15 is 0 Å². The number of nitrogens with one attached hydrogen (secondary N) is 1. The molecule has 1 rings (SSSR count). The summed E-state index contributed by atoms with van der Waals surface area (Å²) in [7, 11) is -1.56. The van der Waals surface area contributed by atoms with Crippen LogP contribution in [0.4, 0.5) is 0 Å². The summed E-state index contributed by atoms with van der Waals surface area (Å²) in [6.07, 6.45) is 2.49. The van der Waals surface area contributed by atoms with Crippen LogP contribution in [0.1, 0.15) is 48.5 Å². The van der Waals surface area contributed by atoms with E-state index in [-0.39, 0.29) is 36.8 Å². The molecule has 0 bridgehead atoms. The third-order valence-electron chi connectivity index (χ3n) is 4.42. The molecule has 1 atom stereocenters. The van der Waals surface area contributed by atoms with Crippen LogP contribution in [0, 0.1) is 0 Å². The first-order chi connectivity index (χ1) is 7.41. The van der Waals surface area contributed by atoms with Gasteiger partial charge in [-0.15, -0.1) is 0 Å². The van der Waals surface area contributed by atoms with Crippen LogP contribution in [-0.2, 0) is 26.2 Å². The predicted octanol–water partition coefficient (Wildman–Crippen LogP) is 4.63. The summed E-state index contributed by atoms with van der Waals surface area (Å²) in [4.78, 5) is 3.91. The van der Waals surface area contributed by atoms with Gasteiger partial charge in [0.25, 0.3) is 0 Å². The second-order valence-corrected chi connectivity index (χ2v) is 11.8. The van der Waals surface area contributed by atoms with Crippen LogP contribution in [0.25, 0.3) is 0 Å². The van der Waals surface area contributed by atoms with E-state index in [1.165, 1.54) is 11.1 Å². The molecule has 1 N–H and O–H groups in total. The van der Waals surface area contributed by atoms with Gasteiger partial charge in [-0.05, 0) is 47.1 Å². The molecular weight excluding hydrogens is 313 g/mol. The molecule has 0 fully saturated rings. The number of hydrogen-bond acceptors (Lipinski definition) is 1. The molecule has 0 amide bonds. The van der Waals surface area contributed by atoms with Crippen LogP contribution < -0.4 is 4.98 Å². The number of rotatable bonds is 2. The van der Waals surface area contributed by atoms with Crippen LogP contribution in [0.5, 0.6) is 0 Å². The molecule has 102 valence electrons. The van der Waals surface area contributed by atoms with Crippen LogP contribution in [0.2, 0.25) is 18.1 Å². The van der Waals surface area contributed by atoms with Gasteiger partial charge in [-0.3, -0.25) is 0 Å². The summed E-state index contributed by atoms with van der Waals surface area (Å²) in [5, 5.41) is 0.244. The average molecular weight is 343 g/mol. The molecule has 0 aromatic heterocycles. The first-order valence-electron chi connectivity index (χ1n) is 6.58. The summed E-state index contributed by atoms with van der Waals surface area (Å²) < 4.78 is 0. The minimum Gasteiger partial charge on any atom is -0.332 e. The normalized spacial score (nSPS) is 25.1. The molecule has 0 aromatic carbocycles. The molecule has 0 aromatic rings. The van der Waals surface area contributed by atoms with Crippen molar-refractivity contribution in [2.75, 3.05) is 0 Å². The SMILES string of the molecule is CC1=CC(C)([Si](C)(C)NC(C)(C)C)C(C)=C1C.[Zr]. The molecular formula is C15H29NSiZr. The zero-order valence-electron chi connectivity index (χ0n) is 13.6. The van der Waals surface area contributed by atoms with Gasteiger partial charge < -0.3 is 4.98 Å². The smallest absolute Gasteiger partial charge is 0.133 e. The molecule has 0 saturated heterocycles. The van der Waals surface area contributed by atoms with Gasteiger partial charge in [-0.2, -0.15) is 0 Å². The topological polar surface area (TPSA) is 12.0 Å². The maximum absolute atomic E-state index is 3.91. The van der Waals surface area contributed by atoms with Crippen molar-refractivity contribution < 1.29 is 26.2 Å².